The maximum atomic E-state index is 14.2. The van der Waals surface area contributed by atoms with E-state index < -0.39 is 10.0 Å². The Labute approximate surface area is 225 Å². The molecule has 2 aromatic rings. The van der Waals surface area contributed by atoms with Crippen LogP contribution in [0.3, 0.4) is 0 Å². The van der Waals surface area contributed by atoms with Crippen molar-refractivity contribution in [3.05, 3.63) is 95.2 Å². The SMILES string of the molecule is COC1=NC(C2=CC(CC3COCc4ccccc4CN3S(=O)(=O)c3ccccc3OC)CC=C2)=CCC1. The van der Waals surface area contributed by atoms with Crippen LogP contribution in [0.1, 0.15) is 36.8 Å². The lowest BCUT2D eigenvalue weighted by Gasteiger charge is -2.35. The number of hydrogen-bond donors (Lipinski definition) is 0. The van der Waals surface area contributed by atoms with Crippen LogP contribution in [0.4, 0.5) is 0 Å². The Bertz CT molecular complexity index is 1390. The third-order valence-corrected chi connectivity index (χ3v) is 9.21. The molecule has 2 atom stereocenters. The molecule has 0 saturated carbocycles. The summed E-state index contributed by atoms with van der Waals surface area (Å²) in [5, 5.41) is 0. The lowest BCUT2D eigenvalue weighted by molar-refractivity contribution is 0.0604. The molecule has 0 bridgehead atoms. The van der Waals surface area contributed by atoms with E-state index in [4.69, 9.17) is 14.2 Å². The first kappa shape index (κ1) is 26.4. The number of para-hydroxylation sites is 1. The van der Waals surface area contributed by atoms with E-state index in [1.807, 2.05) is 24.3 Å². The fraction of sp³-hybridized carbons (Fsp3) is 0.367. The highest BCUT2D eigenvalue weighted by molar-refractivity contribution is 7.89. The van der Waals surface area contributed by atoms with Gasteiger partial charge in [-0.15, -0.1) is 0 Å². The maximum Gasteiger partial charge on any atom is 0.247 e. The van der Waals surface area contributed by atoms with Gasteiger partial charge in [-0.3, -0.25) is 0 Å². The van der Waals surface area contributed by atoms with Gasteiger partial charge in [0.15, 0.2) is 5.90 Å². The van der Waals surface area contributed by atoms with Gasteiger partial charge >= 0.3 is 0 Å². The molecule has 0 fully saturated rings. The third kappa shape index (κ3) is 5.62. The van der Waals surface area contributed by atoms with E-state index in [1.165, 1.54) is 7.11 Å². The number of rotatable bonds is 6. The van der Waals surface area contributed by atoms with E-state index in [9.17, 15) is 8.42 Å². The summed E-state index contributed by atoms with van der Waals surface area (Å²) in [5.41, 5.74) is 3.91. The van der Waals surface area contributed by atoms with Crippen LogP contribution in [0, 0.1) is 5.92 Å². The molecule has 8 heteroatoms. The van der Waals surface area contributed by atoms with Crippen LogP contribution in [0.2, 0.25) is 0 Å². The number of nitrogens with zero attached hydrogens (tertiary/aromatic N) is 2. The van der Waals surface area contributed by atoms with Crippen LogP contribution in [-0.4, -0.2) is 45.5 Å². The average Bonchev–Trinajstić information content (AvgIpc) is 2.95. The number of ether oxygens (including phenoxy) is 3. The topological polar surface area (TPSA) is 77.4 Å². The summed E-state index contributed by atoms with van der Waals surface area (Å²) in [4.78, 5) is 4.83. The van der Waals surface area contributed by atoms with E-state index >= 15 is 0 Å². The lowest BCUT2D eigenvalue weighted by Crippen LogP contribution is -2.44. The summed E-state index contributed by atoms with van der Waals surface area (Å²) < 4.78 is 46.9. The van der Waals surface area contributed by atoms with Crippen LogP contribution in [-0.2, 0) is 32.6 Å². The lowest BCUT2D eigenvalue weighted by atomic mass is 9.89. The average molecular weight is 535 g/mol. The molecule has 0 aromatic heterocycles. The Hall–Kier alpha value is -3.20. The van der Waals surface area contributed by atoms with Crippen molar-refractivity contribution in [2.45, 2.75) is 49.8 Å². The Balaban J connectivity index is 1.48. The number of fused-ring (bicyclic) bond motifs is 1. The van der Waals surface area contributed by atoms with Gasteiger partial charge in [0.1, 0.15) is 10.6 Å². The van der Waals surface area contributed by atoms with Crippen molar-refractivity contribution in [1.82, 2.24) is 4.31 Å². The molecule has 2 unspecified atom stereocenters. The van der Waals surface area contributed by atoms with Crippen molar-refractivity contribution in [3.63, 3.8) is 0 Å². The second-order valence-electron chi connectivity index (χ2n) is 9.73. The molecule has 0 saturated heterocycles. The van der Waals surface area contributed by atoms with Crippen LogP contribution in [0.5, 0.6) is 5.75 Å². The summed E-state index contributed by atoms with van der Waals surface area (Å²) in [6, 6.07) is 14.3. The van der Waals surface area contributed by atoms with Crippen molar-refractivity contribution in [1.29, 1.82) is 0 Å². The van der Waals surface area contributed by atoms with Crippen LogP contribution in [0.25, 0.3) is 0 Å². The summed E-state index contributed by atoms with van der Waals surface area (Å²) in [5.74, 6) is 1.21. The van der Waals surface area contributed by atoms with Gasteiger partial charge in [0.05, 0.1) is 33.1 Å². The summed E-state index contributed by atoms with van der Waals surface area (Å²) in [7, 11) is -0.744. The van der Waals surface area contributed by atoms with Crippen molar-refractivity contribution < 1.29 is 22.6 Å². The minimum Gasteiger partial charge on any atom is -0.495 e. The molecule has 200 valence electrons. The van der Waals surface area contributed by atoms with Crippen LogP contribution >= 0.6 is 0 Å². The Morgan fingerprint density at radius 1 is 1.05 bits per heavy atom. The highest BCUT2D eigenvalue weighted by Crippen LogP contribution is 2.34. The molecule has 0 spiro atoms. The van der Waals surface area contributed by atoms with E-state index in [2.05, 4.69) is 29.3 Å². The molecule has 2 aliphatic heterocycles. The van der Waals surface area contributed by atoms with Gasteiger partial charge in [-0.25, -0.2) is 13.4 Å². The van der Waals surface area contributed by atoms with Gasteiger partial charge in [-0.2, -0.15) is 4.31 Å². The number of methoxy groups -OCH3 is 2. The fourth-order valence-corrected chi connectivity index (χ4v) is 7.05. The number of benzene rings is 2. The standard InChI is InChI=1S/C30H34N2O5S/c1-35-28-14-5-6-15-29(28)38(33,34)32-19-24-10-3-4-11-25(24)20-37-21-26(32)18-22-9-7-12-23(17-22)27-13-8-16-30(31-27)36-2/h3-7,10-15,17,22,26H,8-9,16,18-21H2,1-2H3. The minimum atomic E-state index is -3.89. The first-order valence-electron chi connectivity index (χ1n) is 13.0. The Kier molecular flexibility index (Phi) is 8.12. The molecule has 0 radical (unpaired) electrons. The predicted molar refractivity (Wildman–Crippen MR) is 147 cm³/mol. The van der Waals surface area contributed by atoms with Crippen molar-refractivity contribution >= 4 is 15.9 Å². The largest absolute Gasteiger partial charge is 0.495 e. The zero-order valence-electron chi connectivity index (χ0n) is 21.9. The molecule has 2 aromatic carbocycles. The van der Waals surface area contributed by atoms with Crippen molar-refractivity contribution in [3.8, 4) is 5.75 Å². The second-order valence-corrected chi connectivity index (χ2v) is 11.6. The van der Waals surface area contributed by atoms with Crippen LogP contribution < -0.4 is 4.74 Å². The zero-order valence-corrected chi connectivity index (χ0v) is 22.7. The first-order valence-corrected chi connectivity index (χ1v) is 14.4. The Morgan fingerprint density at radius 2 is 1.84 bits per heavy atom. The quantitative estimate of drug-likeness (QED) is 0.496. The van der Waals surface area contributed by atoms with Crippen LogP contribution in [0.15, 0.2) is 94.0 Å². The van der Waals surface area contributed by atoms with E-state index in [1.54, 1.807) is 35.7 Å². The highest BCUT2D eigenvalue weighted by atomic mass is 32.2. The molecule has 1 aliphatic carbocycles. The predicted octanol–water partition coefficient (Wildman–Crippen LogP) is 5.40. The Morgan fingerprint density at radius 3 is 2.66 bits per heavy atom. The summed E-state index contributed by atoms with van der Waals surface area (Å²) in [6.45, 7) is 1.04. The summed E-state index contributed by atoms with van der Waals surface area (Å²) in [6.07, 6.45) is 11.7. The van der Waals surface area contributed by atoms with E-state index in [-0.39, 0.29) is 23.4 Å². The number of hydrogen-bond acceptors (Lipinski definition) is 6. The van der Waals surface area contributed by atoms with Gasteiger partial charge in [-0.05, 0) is 54.0 Å². The normalized spacial score (nSPS) is 22.3. The maximum absolute atomic E-state index is 14.2. The molecular weight excluding hydrogens is 500 g/mol. The minimum absolute atomic E-state index is 0.137. The number of aliphatic imine (C=N–C) groups is 1. The fourth-order valence-electron chi connectivity index (χ4n) is 5.29. The van der Waals surface area contributed by atoms with Crippen molar-refractivity contribution in [2.24, 2.45) is 10.9 Å². The van der Waals surface area contributed by atoms with E-state index in [0.29, 0.717) is 25.4 Å². The van der Waals surface area contributed by atoms with Gasteiger partial charge in [-0.1, -0.05) is 60.7 Å². The smallest absolute Gasteiger partial charge is 0.247 e. The van der Waals surface area contributed by atoms with Crippen molar-refractivity contribution in [2.75, 3.05) is 20.8 Å². The molecule has 0 N–H and O–H groups in total. The highest BCUT2D eigenvalue weighted by Gasteiger charge is 2.36. The first-order chi connectivity index (χ1) is 18.5. The molecule has 5 rings (SSSR count). The zero-order chi connectivity index (χ0) is 26.5. The second kappa shape index (κ2) is 11.7. The summed E-state index contributed by atoms with van der Waals surface area (Å²) >= 11 is 0. The molecule has 7 nitrogen and oxygen atoms in total. The van der Waals surface area contributed by atoms with Gasteiger partial charge in [0, 0.05) is 19.0 Å². The van der Waals surface area contributed by atoms with E-state index in [0.717, 1.165) is 47.6 Å². The molecule has 3 aliphatic rings. The molecular formula is C30H34N2O5S. The third-order valence-electron chi connectivity index (χ3n) is 7.27. The number of sulfonamides is 1. The molecule has 0 amide bonds. The number of allylic oxidation sites excluding steroid dienone is 4. The molecule has 2 heterocycles. The van der Waals surface area contributed by atoms with Gasteiger partial charge in [0.2, 0.25) is 10.0 Å². The monoisotopic (exact) mass is 534 g/mol. The molecule has 38 heavy (non-hydrogen) atoms. The van der Waals surface area contributed by atoms with Gasteiger partial charge < -0.3 is 14.2 Å². The van der Waals surface area contributed by atoms with Gasteiger partial charge in [0.25, 0.3) is 0 Å².